The maximum absolute atomic E-state index is 14.2. The predicted molar refractivity (Wildman–Crippen MR) is 170 cm³/mol. The number of fused-ring (bicyclic) bond motifs is 1. The van der Waals surface area contributed by atoms with Gasteiger partial charge in [0.1, 0.15) is 11.5 Å². The number of benzene rings is 2. The summed E-state index contributed by atoms with van der Waals surface area (Å²) >= 11 is 0. The molecule has 11 heteroatoms. The Kier molecular flexibility index (Phi) is 9.97. The Morgan fingerprint density at radius 3 is 2.52 bits per heavy atom. The van der Waals surface area contributed by atoms with Crippen molar-refractivity contribution in [1.29, 1.82) is 0 Å². The lowest BCUT2D eigenvalue weighted by molar-refractivity contribution is 0.0923. The lowest BCUT2D eigenvalue weighted by Gasteiger charge is -2.31. The molecule has 236 valence electrons. The Hall–Kier alpha value is -3.41. The Labute approximate surface area is 259 Å². The zero-order valence-corrected chi connectivity index (χ0v) is 26.8. The molecule has 2 aromatic heterocycles. The van der Waals surface area contributed by atoms with Crippen LogP contribution in [0.5, 0.6) is 0 Å². The van der Waals surface area contributed by atoms with Crippen molar-refractivity contribution in [1.82, 2.24) is 29.6 Å². The maximum atomic E-state index is 14.2. The molecule has 2 aromatic carbocycles. The summed E-state index contributed by atoms with van der Waals surface area (Å²) in [6.45, 7) is 11.6. The van der Waals surface area contributed by atoms with Gasteiger partial charge in [-0.3, -0.25) is 9.48 Å². The first-order valence-electron chi connectivity index (χ1n) is 15.6. The van der Waals surface area contributed by atoms with Gasteiger partial charge in [0.05, 0.1) is 16.8 Å². The van der Waals surface area contributed by atoms with E-state index in [0.29, 0.717) is 70.6 Å². The number of aromatic amines is 1. The number of nitrogens with one attached hydrogen (secondary N) is 2. The quantitative estimate of drug-likeness (QED) is 0.186. The Morgan fingerprint density at radius 2 is 1.84 bits per heavy atom. The highest BCUT2D eigenvalue weighted by atomic mass is 32.2. The summed E-state index contributed by atoms with van der Waals surface area (Å²) in [5, 5.41) is 9.38. The number of ketones is 1. The number of aromatic nitrogens is 4. The van der Waals surface area contributed by atoms with Gasteiger partial charge in [-0.25, -0.2) is 17.5 Å². The van der Waals surface area contributed by atoms with Gasteiger partial charge in [-0.15, -0.1) is 5.10 Å². The molecule has 3 heterocycles. The average molecular weight is 623 g/mol. The Bertz CT molecular complexity index is 1690. The largest absolute Gasteiger partial charge is 0.352 e. The van der Waals surface area contributed by atoms with Crippen molar-refractivity contribution in [3.05, 3.63) is 65.7 Å². The van der Waals surface area contributed by atoms with Crippen LogP contribution in [0.2, 0.25) is 0 Å². The first-order chi connectivity index (χ1) is 21.0. The number of Topliss-reactive ketones (excluding diaryl/α,β-unsaturated/α-hetero) is 1. The molecule has 0 amide bonds. The van der Waals surface area contributed by atoms with E-state index in [1.807, 2.05) is 36.9 Å². The molecule has 0 aliphatic carbocycles. The summed E-state index contributed by atoms with van der Waals surface area (Å²) in [5.41, 5.74) is 3.42. The molecule has 44 heavy (non-hydrogen) atoms. The highest BCUT2D eigenvalue weighted by Gasteiger charge is 2.26. The van der Waals surface area contributed by atoms with Crippen LogP contribution in [0.4, 0.5) is 4.39 Å². The fourth-order valence-electron chi connectivity index (χ4n) is 5.90. The van der Waals surface area contributed by atoms with Crippen LogP contribution in [0.25, 0.3) is 22.2 Å². The van der Waals surface area contributed by atoms with Gasteiger partial charge in [-0.2, -0.15) is 0 Å². The summed E-state index contributed by atoms with van der Waals surface area (Å²) in [5.74, 6) is 0.336. The summed E-state index contributed by atoms with van der Waals surface area (Å²) < 4.78 is 44.3. The number of carbonyl (C=O) groups excluding carboxylic acids is 1. The van der Waals surface area contributed by atoms with Gasteiger partial charge in [0.2, 0.25) is 10.0 Å². The fraction of sp³-hybridized carbons (Fsp3) is 0.485. The highest BCUT2D eigenvalue weighted by Crippen LogP contribution is 2.34. The van der Waals surface area contributed by atoms with Crippen LogP contribution in [-0.2, 0) is 23.0 Å². The van der Waals surface area contributed by atoms with E-state index in [4.69, 9.17) is 0 Å². The average Bonchev–Trinajstić information content (AvgIpc) is 3.61. The normalized spacial score (nSPS) is 15.8. The second kappa shape index (κ2) is 13.7. The van der Waals surface area contributed by atoms with E-state index < -0.39 is 10.0 Å². The lowest BCUT2D eigenvalue weighted by atomic mass is 9.96. The summed E-state index contributed by atoms with van der Waals surface area (Å²) in [6, 6.07) is 11.6. The molecular formula is C33H43FN6O3S. The molecule has 1 aliphatic heterocycles. The minimum atomic E-state index is -3.54. The number of halogens is 1. The van der Waals surface area contributed by atoms with Crippen molar-refractivity contribution >= 4 is 26.7 Å². The highest BCUT2D eigenvalue weighted by molar-refractivity contribution is 7.89. The standard InChI is InChI=1S/C33H43FN6O3S/c1-5-23(4)33(41)32-31(28-19-26(34)8-11-29(28)36-32)30-21-40(38-37-30)20-25-12-15-39(16-13-25)17-14-35-44(42,43)27-9-6-24(7-10-27)18-22(2)3/h6-11,19,21-23,25,35-36H,5,12-18,20H2,1-4H3. The number of sulfonamides is 1. The van der Waals surface area contributed by atoms with Gasteiger partial charge in [0, 0.05) is 42.0 Å². The van der Waals surface area contributed by atoms with Crippen LogP contribution in [0.15, 0.2) is 53.6 Å². The number of hydrogen-bond acceptors (Lipinski definition) is 6. The van der Waals surface area contributed by atoms with E-state index in [2.05, 4.69) is 38.8 Å². The van der Waals surface area contributed by atoms with Crippen LogP contribution in [0, 0.1) is 23.6 Å². The second-order valence-corrected chi connectivity index (χ2v) is 14.3. The third kappa shape index (κ3) is 7.44. The smallest absolute Gasteiger partial charge is 0.240 e. The molecule has 0 radical (unpaired) electrons. The summed E-state index contributed by atoms with van der Waals surface area (Å²) in [6.07, 6.45) is 5.38. The monoisotopic (exact) mass is 622 g/mol. The van der Waals surface area contributed by atoms with Crippen molar-refractivity contribution in [2.24, 2.45) is 17.8 Å². The number of piperidine rings is 1. The van der Waals surface area contributed by atoms with Gasteiger partial charge < -0.3 is 9.88 Å². The van der Waals surface area contributed by atoms with Gasteiger partial charge in [0.15, 0.2) is 5.78 Å². The molecule has 1 fully saturated rings. The molecule has 0 bridgehead atoms. The Morgan fingerprint density at radius 1 is 1.11 bits per heavy atom. The van der Waals surface area contributed by atoms with Crippen molar-refractivity contribution in [2.75, 3.05) is 26.2 Å². The van der Waals surface area contributed by atoms with Gasteiger partial charge >= 0.3 is 0 Å². The van der Waals surface area contributed by atoms with Crippen molar-refractivity contribution in [3.8, 4) is 11.3 Å². The number of likely N-dealkylation sites (tertiary alicyclic amines) is 1. The van der Waals surface area contributed by atoms with E-state index in [1.165, 1.54) is 12.1 Å². The van der Waals surface area contributed by atoms with Crippen molar-refractivity contribution in [3.63, 3.8) is 0 Å². The second-order valence-electron chi connectivity index (χ2n) is 12.5. The number of carbonyl (C=O) groups is 1. The third-order valence-corrected chi connectivity index (χ3v) is 10.1. The molecule has 1 aliphatic rings. The minimum Gasteiger partial charge on any atom is -0.352 e. The first kappa shape index (κ1) is 32.0. The molecule has 2 N–H and O–H groups in total. The van der Waals surface area contributed by atoms with Gasteiger partial charge in [0.25, 0.3) is 0 Å². The maximum Gasteiger partial charge on any atom is 0.240 e. The van der Waals surface area contributed by atoms with Crippen molar-refractivity contribution in [2.45, 2.75) is 64.8 Å². The molecule has 1 unspecified atom stereocenters. The molecule has 0 spiro atoms. The van der Waals surface area contributed by atoms with E-state index >= 15 is 0 Å². The summed E-state index contributed by atoms with van der Waals surface area (Å²) in [7, 11) is -3.54. The number of rotatable bonds is 13. The molecule has 9 nitrogen and oxygen atoms in total. The third-order valence-electron chi connectivity index (χ3n) is 8.61. The molecule has 1 atom stereocenters. The Balaban J connectivity index is 1.16. The van der Waals surface area contributed by atoms with Crippen LogP contribution in [0.1, 0.15) is 63.0 Å². The van der Waals surface area contributed by atoms with Gasteiger partial charge in [-0.1, -0.05) is 45.0 Å². The van der Waals surface area contributed by atoms with E-state index in [0.717, 1.165) is 37.9 Å². The van der Waals surface area contributed by atoms with Crippen LogP contribution in [0.3, 0.4) is 0 Å². The molecule has 1 saturated heterocycles. The van der Waals surface area contributed by atoms with Crippen molar-refractivity contribution < 1.29 is 17.6 Å². The van der Waals surface area contributed by atoms with E-state index in [-0.39, 0.29) is 17.5 Å². The predicted octanol–water partition coefficient (Wildman–Crippen LogP) is 5.68. The number of hydrogen-bond donors (Lipinski definition) is 2. The SMILES string of the molecule is CCC(C)C(=O)c1[nH]c2ccc(F)cc2c1-c1cn(CC2CCN(CCNS(=O)(=O)c3ccc(CC(C)C)cc3)CC2)nn1. The number of nitrogens with zero attached hydrogens (tertiary/aromatic N) is 4. The summed E-state index contributed by atoms with van der Waals surface area (Å²) in [4.78, 5) is 19.0. The zero-order chi connectivity index (χ0) is 31.4. The van der Waals surface area contributed by atoms with Gasteiger partial charge in [-0.05, 0) is 86.5 Å². The minimum absolute atomic E-state index is 0.0251. The van der Waals surface area contributed by atoms with Crippen LogP contribution in [-0.4, -0.2) is 65.3 Å². The lowest BCUT2D eigenvalue weighted by Crippen LogP contribution is -2.40. The number of H-pyrrole nitrogens is 1. The zero-order valence-electron chi connectivity index (χ0n) is 26.0. The van der Waals surface area contributed by atoms with Crippen LogP contribution < -0.4 is 4.72 Å². The molecule has 4 aromatic rings. The van der Waals surface area contributed by atoms with E-state index in [1.54, 1.807) is 18.2 Å². The fourth-order valence-corrected chi connectivity index (χ4v) is 6.92. The molecular weight excluding hydrogens is 579 g/mol. The molecule has 5 rings (SSSR count). The van der Waals surface area contributed by atoms with Crippen LogP contribution >= 0.6 is 0 Å². The van der Waals surface area contributed by atoms with E-state index in [9.17, 15) is 17.6 Å². The topological polar surface area (TPSA) is 113 Å². The molecule has 0 saturated carbocycles. The first-order valence-corrected chi connectivity index (χ1v) is 17.1.